The maximum absolute atomic E-state index is 13.3. The van der Waals surface area contributed by atoms with Crippen molar-refractivity contribution in [2.45, 2.75) is 16.0 Å². The first-order chi connectivity index (χ1) is 12.3. The summed E-state index contributed by atoms with van der Waals surface area (Å²) >= 11 is 1.07. The van der Waals surface area contributed by atoms with Crippen molar-refractivity contribution in [2.75, 3.05) is 13.2 Å². The number of aliphatic hydroxyl groups excluding tert-OH is 1. The van der Waals surface area contributed by atoms with E-state index < -0.39 is 23.5 Å². The summed E-state index contributed by atoms with van der Waals surface area (Å²) < 4.78 is 52.9. The van der Waals surface area contributed by atoms with Gasteiger partial charge in [-0.05, 0) is 48.0 Å². The van der Waals surface area contributed by atoms with Gasteiger partial charge in [0.15, 0.2) is 0 Å². The number of rotatable bonds is 6. The number of hydrogen-bond acceptors (Lipinski definition) is 3. The van der Waals surface area contributed by atoms with Crippen LogP contribution in [0.15, 0.2) is 58.3 Å². The summed E-state index contributed by atoms with van der Waals surface area (Å²) in [4.78, 5) is 12.4. The third kappa shape index (κ3) is 5.89. The second-order valence-corrected chi connectivity index (χ2v) is 6.30. The van der Waals surface area contributed by atoms with Gasteiger partial charge in [0, 0.05) is 22.4 Å². The molecule has 3 nitrogen and oxygen atoms in total. The van der Waals surface area contributed by atoms with E-state index in [1.54, 1.807) is 0 Å². The lowest BCUT2D eigenvalue weighted by molar-refractivity contribution is -0.137. The molecule has 2 aromatic rings. The van der Waals surface area contributed by atoms with Crippen LogP contribution in [0.3, 0.4) is 0 Å². The molecule has 0 aromatic heterocycles. The Balaban J connectivity index is 2.25. The normalized spacial score (nSPS) is 11.7. The molecule has 0 atom stereocenters. The fourth-order valence-corrected chi connectivity index (χ4v) is 2.89. The first-order valence-electron chi connectivity index (χ1n) is 7.51. The van der Waals surface area contributed by atoms with E-state index in [0.717, 1.165) is 30.0 Å². The van der Waals surface area contributed by atoms with Gasteiger partial charge in [0.1, 0.15) is 5.82 Å². The molecular formula is C18H15F4NO2S. The van der Waals surface area contributed by atoms with Gasteiger partial charge in [0.05, 0.1) is 12.2 Å². The van der Waals surface area contributed by atoms with Crippen LogP contribution in [0.2, 0.25) is 0 Å². The van der Waals surface area contributed by atoms with Crippen LogP contribution in [0.25, 0.3) is 6.08 Å². The Morgan fingerprint density at radius 1 is 1.12 bits per heavy atom. The van der Waals surface area contributed by atoms with Crippen molar-refractivity contribution in [1.29, 1.82) is 0 Å². The van der Waals surface area contributed by atoms with Crippen LogP contribution in [0.4, 0.5) is 17.6 Å². The number of halogens is 4. The highest BCUT2D eigenvalue weighted by molar-refractivity contribution is 7.99. The van der Waals surface area contributed by atoms with Crippen LogP contribution in [0, 0.1) is 5.82 Å². The van der Waals surface area contributed by atoms with E-state index in [-0.39, 0.29) is 18.7 Å². The van der Waals surface area contributed by atoms with Gasteiger partial charge in [-0.1, -0.05) is 17.8 Å². The first-order valence-corrected chi connectivity index (χ1v) is 8.32. The van der Waals surface area contributed by atoms with Gasteiger partial charge in [-0.2, -0.15) is 13.2 Å². The number of hydrogen-bond donors (Lipinski definition) is 2. The first kappa shape index (κ1) is 20.0. The minimum atomic E-state index is -4.60. The van der Waals surface area contributed by atoms with Gasteiger partial charge in [0.2, 0.25) is 5.91 Å². The van der Waals surface area contributed by atoms with Gasteiger partial charge < -0.3 is 10.4 Å². The van der Waals surface area contributed by atoms with Crippen LogP contribution >= 0.6 is 11.8 Å². The second kappa shape index (κ2) is 8.86. The molecule has 8 heteroatoms. The summed E-state index contributed by atoms with van der Waals surface area (Å²) in [5.41, 5.74) is -1.03. The molecular weight excluding hydrogens is 370 g/mol. The van der Waals surface area contributed by atoms with Gasteiger partial charge in [0.25, 0.3) is 0 Å². The lowest BCUT2D eigenvalue weighted by Gasteiger charge is -2.12. The average molecular weight is 385 g/mol. The van der Waals surface area contributed by atoms with E-state index in [1.165, 1.54) is 36.4 Å². The fraction of sp³-hybridized carbons (Fsp3) is 0.167. The molecule has 138 valence electrons. The van der Waals surface area contributed by atoms with Gasteiger partial charge in [-0.15, -0.1) is 0 Å². The molecule has 0 aliphatic carbocycles. The van der Waals surface area contributed by atoms with E-state index >= 15 is 0 Å². The predicted octanol–water partition coefficient (Wildman–Crippen LogP) is 4.12. The molecule has 0 heterocycles. The monoisotopic (exact) mass is 385 g/mol. The van der Waals surface area contributed by atoms with Crippen molar-refractivity contribution in [3.05, 3.63) is 65.5 Å². The van der Waals surface area contributed by atoms with E-state index in [4.69, 9.17) is 5.11 Å². The SMILES string of the molecule is O=C(C=Cc1ccc(Sc2ccc(F)cc2)cc1C(F)(F)F)NCCO. The molecule has 2 aromatic carbocycles. The summed E-state index contributed by atoms with van der Waals surface area (Å²) in [6.45, 7) is -0.245. The van der Waals surface area contributed by atoms with E-state index in [9.17, 15) is 22.4 Å². The van der Waals surface area contributed by atoms with Crippen molar-refractivity contribution in [3.8, 4) is 0 Å². The highest BCUT2D eigenvalue weighted by atomic mass is 32.2. The quantitative estimate of drug-likeness (QED) is 0.581. The molecule has 0 bridgehead atoms. The van der Waals surface area contributed by atoms with Gasteiger partial charge in [-0.3, -0.25) is 4.79 Å². The molecule has 0 saturated heterocycles. The number of carbonyl (C=O) groups is 1. The lowest BCUT2D eigenvalue weighted by Crippen LogP contribution is -2.24. The summed E-state index contributed by atoms with van der Waals surface area (Å²) in [7, 11) is 0. The van der Waals surface area contributed by atoms with Crippen LogP contribution in [-0.2, 0) is 11.0 Å². The lowest BCUT2D eigenvalue weighted by atomic mass is 10.1. The number of alkyl halides is 3. The summed E-state index contributed by atoms with van der Waals surface area (Å²) in [6.07, 6.45) is -2.55. The molecule has 0 fully saturated rings. The fourth-order valence-electron chi connectivity index (χ4n) is 2.03. The summed E-state index contributed by atoms with van der Waals surface area (Å²) in [5.74, 6) is -1.03. The molecule has 0 saturated carbocycles. The molecule has 2 N–H and O–H groups in total. The van der Waals surface area contributed by atoms with Crippen LogP contribution in [-0.4, -0.2) is 24.2 Å². The average Bonchev–Trinajstić information content (AvgIpc) is 2.60. The number of benzene rings is 2. The predicted molar refractivity (Wildman–Crippen MR) is 91.1 cm³/mol. The number of amides is 1. The standard InChI is InChI=1S/C18H15F4NO2S/c19-13-3-6-14(7-4-13)26-15-5-1-12(16(11-15)18(20,21)22)2-8-17(25)23-9-10-24/h1-8,11,24H,9-10H2,(H,23,25). The Kier molecular flexibility index (Phi) is 6.82. The Bertz CT molecular complexity index is 789. The highest BCUT2D eigenvalue weighted by Crippen LogP contribution is 2.37. The maximum atomic E-state index is 13.3. The van der Waals surface area contributed by atoms with Crippen LogP contribution in [0.5, 0.6) is 0 Å². The largest absolute Gasteiger partial charge is 0.417 e. The maximum Gasteiger partial charge on any atom is 0.417 e. The summed E-state index contributed by atoms with van der Waals surface area (Å²) in [6, 6.07) is 9.17. The van der Waals surface area contributed by atoms with Crippen molar-refractivity contribution in [1.82, 2.24) is 5.32 Å². The van der Waals surface area contributed by atoms with Crippen molar-refractivity contribution in [2.24, 2.45) is 0 Å². The van der Waals surface area contributed by atoms with Gasteiger partial charge >= 0.3 is 6.18 Å². The van der Waals surface area contributed by atoms with E-state index in [1.807, 2.05) is 0 Å². The van der Waals surface area contributed by atoms with Crippen molar-refractivity contribution >= 4 is 23.7 Å². The summed E-state index contributed by atoms with van der Waals surface area (Å²) in [5, 5.41) is 10.9. The molecule has 0 spiro atoms. The molecule has 1 amide bonds. The van der Waals surface area contributed by atoms with Crippen LogP contribution < -0.4 is 5.32 Å². The number of nitrogens with one attached hydrogen (secondary N) is 1. The molecule has 2 rings (SSSR count). The smallest absolute Gasteiger partial charge is 0.395 e. The van der Waals surface area contributed by atoms with E-state index in [0.29, 0.717) is 9.79 Å². The molecule has 0 radical (unpaired) electrons. The molecule has 0 unspecified atom stereocenters. The molecule has 0 aliphatic rings. The Hall–Kier alpha value is -2.32. The molecule has 0 aliphatic heterocycles. The zero-order chi connectivity index (χ0) is 19.2. The topological polar surface area (TPSA) is 49.3 Å². The number of carbonyl (C=O) groups excluding carboxylic acids is 1. The highest BCUT2D eigenvalue weighted by Gasteiger charge is 2.33. The zero-order valence-corrected chi connectivity index (χ0v) is 14.2. The van der Waals surface area contributed by atoms with Crippen molar-refractivity contribution < 1.29 is 27.5 Å². The minimum Gasteiger partial charge on any atom is -0.395 e. The van der Waals surface area contributed by atoms with Gasteiger partial charge in [-0.25, -0.2) is 4.39 Å². The Labute approximate surface area is 151 Å². The third-order valence-electron chi connectivity index (χ3n) is 3.20. The minimum absolute atomic E-state index is 0.0164. The van der Waals surface area contributed by atoms with Crippen molar-refractivity contribution in [3.63, 3.8) is 0 Å². The van der Waals surface area contributed by atoms with Crippen LogP contribution in [0.1, 0.15) is 11.1 Å². The Morgan fingerprint density at radius 3 is 2.38 bits per heavy atom. The van der Waals surface area contributed by atoms with E-state index in [2.05, 4.69) is 5.32 Å². The third-order valence-corrected chi connectivity index (χ3v) is 4.20. The zero-order valence-electron chi connectivity index (χ0n) is 13.4. The Morgan fingerprint density at radius 2 is 1.77 bits per heavy atom. The number of aliphatic hydroxyl groups is 1. The second-order valence-electron chi connectivity index (χ2n) is 5.15. The molecule has 26 heavy (non-hydrogen) atoms.